The topological polar surface area (TPSA) is 67.2 Å². The predicted octanol–water partition coefficient (Wildman–Crippen LogP) is 2.39. The van der Waals surface area contributed by atoms with Crippen LogP contribution in [0.3, 0.4) is 0 Å². The number of aromatic nitrogens is 2. The largest absolute Gasteiger partial charge is 0.383 e. The Morgan fingerprint density at radius 1 is 1.40 bits per heavy atom. The molecule has 1 atom stereocenters. The Balaban J connectivity index is 1.68. The number of amides is 1. The van der Waals surface area contributed by atoms with Gasteiger partial charge in [0.25, 0.3) is 0 Å². The molecule has 0 saturated heterocycles. The molecule has 5 heteroatoms. The lowest BCUT2D eigenvalue weighted by Crippen LogP contribution is -2.42. The molecule has 5 nitrogen and oxygen atoms in total. The summed E-state index contributed by atoms with van der Waals surface area (Å²) in [5.41, 5.74) is 3.98. The Labute approximate surface area is 148 Å². The number of nitrogens with zero attached hydrogens (tertiary/aromatic N) is 2. The molecule has 0 unspecified atom stereocenters. The van der Waals surface area contributed by atoms with Crippen molar-refractivity contribution in [3.8, 4) is 0 Å². The van der Waals surface area contributed by atoms with Crippen LogP contribution in [0.4, 0.5) is 0 Å². The number of aryl methyl sites for hydroxylation is 3. The van der Waals surface area contributed by atoms with Crippen LogP contribution in [0.2, 0.25) is 0 Å². The first-order valence-electron chi connectivity index (χ1n) is 8.67. The number of nitrogens with one attached hydrogen (secondary N) is 1. The molecule has 2 aromatic rings. The summed E-state index contributed by atoms with van der Waals surface area (Å²) in [6, 6.07) is 7.93. The summed E-state index contributed by atoms with van der Waals surface area (Å²) in [6.07, 6.45) is 5.86. The Morgan fingerprint density at radius 3 is 2.88 bits per heavy atom. The quantitative estimate of drug-likeness (QED) is 0.841. The number of benzene rings is 1. The SMILES string of the molecule is Cc1nn(C)c(C)c1/C=C\C(=O)NC[C@]1(O)CCCc2ccccc21. The fourth-order valence-corrected chi connectivity index (χ4v) is 3.56. The van der Waals surface area contributed by atoms with Crippen LogP contribution in [0.5, 0.6) is 0 Å². The van der Waals surface area contributed by atoms with E-state index in [1.165, 1.54) is 11.6 Å². The molecule has 3 rings (SSSR count). The zero-order valence-corrected chi connectivity index (χ0v) is 15.0. The summed E-state index contributed by atoms with van der Waals surface area (Å²) in [7, 11) is 1.88. The van der Waals surface area contributed by atoms with Gasteiger partial charge in [-0.3, -0.25) is 9.48 Å². The molecule has 1 aliphatic rings. The van der Waals surface area contributed by atoms with Crippen molar-refractivity contribution < 1.29 is 9.90 Å². The van der Waals surface area contributed by atoms with E-state index in [0.717, 1.165) is 35.4 Å². The van der Waals surface area contributed by atoms with Gasteiger partial charge < -0.3 is 10.4 Å². The molecule has 1 aliphatic carbocycles. The Morgan fingerprint density at radius 2 is 2.16 bits per heavy atom. The molecule has 0 saturated carbocycles. The first kappa shape index (κ1) is 17.4. The third kappa shape index (κ3) is 3.51. The number of carbonyl (C=O) groups excluding carboxylic acids is 1. The van der Waals surface area contributed by atoms with Gasteiger partial charge in [-0.25, -0.2) is 0 Å². The molecule has 1 aromatic heterocycles. The standard InChI is InChI=1S/C20H25N3O2/c1-14-17(15(2)23(3)22-14)10-11-19(24)21-13-20(25)12-6-8-16-7-4-5-9-18(16)20/h4-5,7,9-11,25H,6,8,12-13H2,1-3H3,(H,21,24)/b11-10-/t20-/m1/s1. The zero-order valence-electron chi connectivity index (χ0n) is 15.0. The van der Waals surface area contributed by atoms with Crippen molar-refractivity contribution in [3.05, 3.63) is 58.4 Å². The van der Waals surface area contributed by atoms with Gasteiger partial charge in [0.05, 0.1) is 12.2 Å². The first-order valence-corrected chi connectivity index (χ1v) is 8.67. The summed E-state index contributed by atoms with van der Waals surface area (Å²) in [5, 5.41) is 18.2. The number of hydrogen-bond donors (Lipinski definition) is 2. The first-order chi connectivity index (χ1) is 11.9. The van der Waals surface area contributed by atoms with Crippen LogP contribution >= 0.6 is 0 Å². The van der Waals surface area contributed by atoms with Crippen LogP contribution in [-0.2, 0) is 23.9 Å². The minimum atomic E-state index is -0.988. The number of carbonyl (C=O) groups is 1. The summed E-state index contributed by atoms with van der Waals surface area (Å²) in [5.74, 6) is -0.209. The van der Waals surface area contributed by atoms with Gasteiger partial charge in [-0.05, 0) is 50.3 Å². The van der Waals surface area contributed by atoms with E-state index in [-0.39, 0.29) is 12.5 Å². The Bertz CT molecular complexity index is 822. The average molecular weight is 339 g/mol. The third-order valence-electron chi connectivity index (χ3n) is 5.08. The zero-order chi connectivity index (χ0) is 18.0. The van der Waals surface area contributed by atoms with Crippen molar-refractivity contribution in [3.63, 3.8) is 0 Å². The van der Waals surface area contributed by atoms with E-state index in [2.05, 4.69) is 16.5 Å². The van der Waals surface area contributed by atoms with Crippen molar-refractivity contribution in [2.24, 2.45) is 7.05 Å². The highest BCUT2D eigenvalue weighted by Gasteiger charge is 2.34. The van der Waals surface area contributed by atoms with Gasteiger partial charge in [0.15, 0.2) is 0 Å². The molecule has 25 heavy (non-hydrogen) atoms. The van der Waals surface area contributed by atoms with Crippen LogP contribution in [0.1, 0.15) is 40.9 Å². The van der Waals surface area contributed by atoms with E-state index in [1.54, 1.807) is 10.8 Å². The molecular formula is C20H25N3O2. The molecule has 1 heterocycles. The lowest BCUT2D eigenvalue weighted by atomic mass is 9.79. The van der Waals surface area contributed by atoms with Gasteiger partial charge in [0, 0.05) is 24.4 Å². The second-order valence-corrected chi connectivity index (χ2v) is 6.80. The molecule has 2 N–H and O–H groups in total. The maximum absolute atomic E-state index is 12.2. The highest BCUT2D eigenvalue weighted by molar-refractivity contribution is 5.92. The summed E-state index contributed by atoms with van der Waals surface area (Å²) >= 11 is 0. The number of hydrogen-bond acceptors (Lipinski definition) is 3. The van der Waals surface area contributed by atoms with E-state index in [0.29, 0.717) is 6.42 Å². The van der Waals surface area contributed by atoms with Gasteiger partial charge in [-0.2, -0.15) is 5.10 Å². The van der Waals surface area contributed by atoms with E-state index < -0.39 is 5.60 Å². The second-order valence-electron chi connectivity index (χ2n) is 6.80. The van der Waals surface area contributed by atoms with Crippen molar-refractivity contribution in [2.45, 2.75) is 38.7 Å². The number of aliphatic hydroxyl groups is 1. The molecule has 0 fully saturated rings. The van der Waals surface area contributed by atoms with Crippen molar-refractivity contribution >= 4 is 12.0 Å². The second kappa shape index (κ2) is 6.84. The molecule has 1 amide bonds. The van der Waals surface area contributed by atoms with Gasteiger partial charge >= 0.3 is 0 Å². The molecule has 0 radical (unpaired) electrons. The molecular weight excluding hydrogens is 314 g/mol. The smallest absolute Gasteiger partial charge is 0.244 e. The summed E-state index contributed by atoms with van der Waals surface area (Å²) < 4.78 is 1.80. The summed E-state index contributed by atoms with van der Waals surface area (Å²) in [6.45, 7) is 4.11. The van der Waals surface area contributed by atoms with E-state index in [4.69, 9.17) is 0 Å². The molecule has 1 aromatic carbocycles. The normalized spacial score (nSPS) is 19.8. The number of rotatable bonds is 4. The van der Waals surface area contributed by atoms with Crippen molar-refractivity contribution in [2.75, 3.05) is 6.54 Å². The van der Waals surface area contributed by atoms with E-state index >= 15 is 0 Å². The maximum atomic E-state index is 12.2. The van der Waals surface area contributed by atoms with Gasteiger partial charge in [-0.1, -0.05) is 24.3 Å². The Kier molecular flexibility index (Phi) is 4.77. The van der Waals surface area contributed by atoms with Gasteiger partial charge in [0.1, 0.15) is 5.60 Å². The Hall–Kier alpha value is -2.40. The maximum Gasteiger partial charge on any atom is 0.244 e. The minimum Gasteiger partial charge on any atom is -0.383 e. The van der Waals surface area contributed by atoms with Crippen molar-refractivity contribution in [1.29, 1.82) is 0 Å². The highest BCUT2D eigenvalue weighted by Crippen LogP contribution is 2.34. The van der Waals surface area contributed by atoms with Crippen LogP contribution in [0.15, 0.2) is 30.3 Å². The summed E-state index contributed by atoms with van der Waals surface area (Å²) in [4.78, 5) is 12.2. The van der Waals surface area contributed by atoms with Crippen LogP contribution in [0, 0.1) is 13.8 Å². The van der Waals surface area contributed by atoms with Crippen LogP contribution in [0.25, 0.3) is 6.08 Å². The average Bonchev–Trinajstić information content (AvgIpc) is 2.84. The molecule has 132 valence electrons. The van der Waals surface area contributed by atoms with Gasteiger partial charge in [-0.15, -0.1) is 0 Å². The predicted molar refractivity (Wildman–Crippen MR) is 98.0 cm³/mol. The van der Waals surface area contributed by atoms with Gasteiger partial charge in [0.2, 0.25) is 5.91 Å². The fourth-order valence-electron chi connectivity index (χ4n) is 3.56. The molecule has 0 aliphatic heterocycles. The highest BCUT2D eigenvalue weighted by atomic mass is 16.3. The number of fused-ring (bicyclic) bond motifs is 1. The minimum absolute atomic E-state index is 0.209. The lowest BCUT2D eigenvalue weighted by Gasteiger charge is -2.34. The third-order valence-corrected chi connectivity index (χ3v) is 5.08. The van der Waals surface area contributed by atoms with Crippen molar-refractivity contribution in [1.82, 2.24) is 15.1 Å². The van der Waals surface area contributed by atoms with Crippen LogP contribution < -0.4 is 5.32 Å². The lowest BCUT2D eigenvalue weighted by molar-refractivity contribution is -0.118. The van der Waals surface area contributed by atoms with Crippen LogP contribution in [-0.4, -0.2) is 27.3 Å². The van der Waals surface area contributed by atoms with E-state index in [9.17, 15) is 9.90 Å². The molecule has 0 spiro atoms. The monoisotopic (exact) mass is 339 g/mol. The fraction of sp³-hybridized carbons (Fsp3) is 0.400. The van der Waals surface area contributed by atoms with E-state index in [1.807, 2.05) is 39.1 Å². The molecule has 0 bridgehead atoms.